The summed E-state index contributed by atoms with van der Waals surface area (Å²) in [5.74, 6) is 0.645. The van der Waals surface area contributed by atoms with Crippen molar-refractivity contribution in [3.8, 4) is 5.82 Å². The van der Waals surface area contributed by atoms with Gasteiger partial charge in [-0.1, -0.05) is 11.6 Å². The zero-order valence-corrected chi connectivity index (χ0v) is 12.8. The number of benzene rings is 1. The first kappa shape index (κ1) is 14.6. The lowest BCUT2D eigenvalue weighted by molar-refractivity contribution is 0.601. The summed E-state index contributed by atoms with van der Waals surface area (Å²) < 4.78 is 28.6. The van der Waals surface area contributed by atoms with Crippen LogP contribution in [0.2, 0.25) is 5.02 Å². The summed E-state index contributed by atoms with van der Waals surface area (Å²) in [6, 6.07) is 9.26. The van der Waals surface area contributed by atoms with Gasteiger partial charge in [-0.15, -0.1) is 0 Å². The molecule has 0 spiro atoms. The molecule has 6 nitrogen and oxygen atoms in total. The second kappa shape index (κ2) is 5.78. The SMILES string of the molecule is O=S(=O)(Nc1ccc(-n2ccnc2)nc1)c1ccc(Cl)cc1. The Labute approximate surface area is 132 Å². The number of hydrogen-bond donors (Lipinski definition) is 1. The molecule has 0 bridgehead atoms. The molecule has 1 N–H and O–H groups in total. The largest absolute Gasteiger partial charge is 0.291 e. The molecule has 2 heterocycles. The fraction of sp³-hybridized carbons (Fsp3) is 0. The molecule has 8 heteroatoms. The van der Waals surface area contributed by atoms with E-state index in [2.05, 4.69) is 14.7 Å². The number of sulfonamides is 1. The number of halogens is 1. The summed E-state index contributed by atoms with van der Waals surface area (Å²) in [5.41, 5.74) is 0.374. The second-order valence-electron chi connectivity index (χ2n) is 4.43. The summed E-state index contributed by atoms with van der Waals surface area (Å²) in [7, 11) is -3.66. The van der Waals surface area contributed by atoms with Crippen LogP contribution in [-0.2, 0) is 10.0 Å². The Balaban J connectivity index is 1.82. The first-order valence-corrected chi connectivity index (χ1v) is 8.13. The monoisotopic (exact) mass is 334 g/mol. The van der Waals surface area contributed by atoms with Crippen LogP contribution in [0.5, 0.6) is 0 Å². The van der Waals surface area contributed by atoms with E-state index in [1.165, 1.54) is 30.5 Å². The van der Waals surface area contributed by atoms with Crippen molar-refractivity contribution < 1.29 is 8.42 Å². The quantitative estimate of drug-likeness (QED) is 0.795. The normalized spacial score (nSPS) is 11.3. The first-order chi connectivity index (χ1) is 10.5. The van der Waals surface area contributed by atoms with Gasteiger partial charge in [0, 0.05) is 17.4 Å². The van der Waals surface area contributed by atoms with Gasteiger partial charge in [0.05, 0.1) is 16.8 Å². The number of nitrogens with one attached hydrogen (secondary N) is 1. The maximum Gasteiger partial charge on any atom is 0.261 e. The Kier molecular flexibility index (Phi) is 3.82. The van der Waals surface area contributed by atoms with Gasteiger partial charge < -0.3 is 0 Å². The lowest BCUT2D eigenvalue weighted by Gasteiger charge is -2.08. The van der Waals surface area contributed by atoms with Crippen molar-refractivity contribution in [2.24, 2.45) is 0 Å². The molecule has 0 aliphatic carbocycles. The molecular formula is C14H11ClN4O2S. The molecule has 1 aromatic carbocycles. The third-order valence-corrected chi connectivity index (χ3v) is 4.54. The average Bonchev–Trinajstić information content (AvgIpc) is 3.02. The minimum absolute atomic E-state index is 0.135. The van der Waals surface area contributed by atoms with Crippen molar-refractivity contribution in [1.82, 2.24) is 14.5 Å². The van der Waals surface area contributed by atoms with Crippen LogP contribution in [0.25, 0.3) is 5.82 Å². The highest BCUT2D eigenvalue weighted by Gasteiger charge is 2.14. The van der Waals surface area contributed by atoms with Gasteiger partial charge in [0.1, 0.15) is 12.1 Å². The molecule has 0 aliphatic heterocycles. The molecule has 0 aliphatic rings. The van der Waals surface area contributed by atoms with E-state index in [4.69, 9.17) is 11.6 Å². The van der Waals surface area contributed by atoms with Crippen molar-refractivity contribution >= 4 is 27.3 Å². The number of imidazole rings is 1. The summed E-state index contributed by atoms with van der Waals surface area (Å²) in [6.45, 7) is 0. The predicted molar refractivity (Wildman–Crippen MR) is 83.6 cm³/mol. The zero-order chi connectivity index (χ0) is 15.6. The number of rotatable bonds is 4. The van der Waals surface area contributed by atoms with E-state index in [1.54, 1.807) is 35.4 Å². The van der Waals surface area contributed by atoms with E-state index in [0.717, 1.165) is 0 Å². The van der Waals surface area contributed by atoms with Gasteiger partial charge in [-0.25, -0.2) is 18.4 Å². The smallest absolute Gasteiger partial charge is 0.261 e. The zero-order valence-electron chi connectivity index (χ0n) is 11.2. The van der Waals surface area contributed by atoms with Crippen LogP contribution in [0.3, 0.4) is 0 Å². The Morgan fingerprint density at radius 1 is 1.09 bits per heavy atom. The van der Waals surface area contributed by atoms with Gasteiger partial charge in [-0.05, 0) is 36.4 Å². The summed E-state index contributed by atoms with van der Waals surface area (Å²) >= 11 is 5.76. The molecule has 0 amide bonds. The first-order valence-electron chi connectivity index (χ1n) is 6.27. The Morgan fingerprint density at radius 2 is 1.86 bits per heavy atom. The van der Waals surface area contributed by atoms with Crippen LogP contribution in [0.15, 0.2) is 66.2 Å². The molecule has 3 rings (SSSR count). The lowest BCUT2D eigenvalue weighted by Crippen LogP contribution is -2.13. The number of hydrogen-bond acceptors (Lipinski definition) is 4. The highest BCUT2D eigenvalue weighted by Crippen LogP contribution is 2.18. The third-order valence-electron chi connectivity index (χ3n) is 2.89. The summed E-state index contributed by atoms with van der Waals surface area (Å²) in [4.78, 5) is 8.25. The molecule has 0 saturated carbocycles. The highest BCUT2D eigenvalue weighted by molar-refractivity contribution is 7.92. The van der Waals surface area contributed by atoms with E-state index >= 15 is 0 Å². The summed E-state index contributed by atoms with van der Waals surface area (Å²) in [6.07, 6.45) is 6.45. The van der Waals surface area contributed by atoms with Gasteiger partial charge in [0.2, 0.25) is 0 Å². The number of aromatic nitrogens is 3. The molecule has 2 aromatic heterocycles. The van der Waals surface area contributed by atoms with Crippen LogP contribution in [0.4, 0.5) is 5.69 Å². The van der Waals surface area contributed by atoms with Gasteiger partial charge in [-0.3, -0.25) is 9.29 Å². The molecule has 0 unspecified atom stereocenters. The molecule has 0 atom stereocenters. The minimum atomic E-state index is -3.66. The van der Waals surface area contributed by atoms with Gasteiger partial charge in [0.25, 0.3) is 10.0 Å². The number of anilines is 1. The van der Waals surface area contributed by atoms with Crippen molar-refractivity contribution in [3.05, 3.63) is 66.3 Å². The van der Waals surface area contributed by atoms with Crippen molar-refractivity contribution in [3.63, 3.8) is 0 Å². The summed E-state index contributed by atoms with van der Waals surface area (Å²) in [5, 5.41) is 0.477. The number of pyridine rings is 1. The van der Waals surface area contributed by atoms with E-state index < -0.39 is 10.0 Å². The predicted octanol–water partition coefficient (Wildman–Crippen LogP) is 2.72. The molecule has 112 valence electrons. The highest BCUT2D eigenvalue weighted by atomic mass is 35.5. The second-order valence-corrected chi connectivity index (χ2v) is 6.55. The fourth-order valence-corrected chi connectivity index (χ4v) is 2.99. The maximum absolute atomic E-state index is 12.2. The average molecular weight is 335 g/mol. The van der Waals surface area contributed by atoms with Crippen molar-refractivity contribution in [1.29, 1.82) is 0 Å². The Morgan fingerprint density at radius 3 is 2.45 bits per heavy atom. The topological polar surface area (TPSA) is 76.9 Å². The molecule has 22 heavy (non-hydrogen) atoms. The van der Waals surface area contributed by atoms with Crippen LogP contribution < -0.4 is 4.72 Å². The van der Waals surface area contributed by atoms with Gasteiger partial charge >= 0.3 is 0 Å². The van der Waals surface area contributed by atoms with Gasteiger partial charge in [0.15, 0.2) is 0 Å². The van der Waals surface area contributed by atoms with Crippen LogP contribution in [0.1, 0.15) is 0 Å². The maximum atomic E-state index is 12.2. The van der Waals surface area contributed by atoms with E-state index in [0.29, 0.717) is 16.5 Å². The minimum Gasteiger partial charge on any atom is -0.291 e. The molecule has 3 aromatic rings. The third kappa shape index (κ3) is 3.10. The van der Waals surface area contributed by atoms with E-state index in [1.807, 2.05) is 0 Å². The van der Waals surface area contributed by atoms with Crippen LogP contribution >= 0.6 is 11.6 Å². The molecular weight excluding hydrogens is 324 g/mol. The number of nitrogens with zero attached hydrogens (tertiary/aromatic N) is 3. The van der Waals surface area contributed by atoms with Crippen molar-refractivity contribution in [2.75, 3.05) is 4.72 Å². The van der Waals surface area contributed by atoms with Crippen LogP contribution in [-0.4, -0.2) is 23.0 Å². The van der Waals surface area contributed by atoms with E-state index in [9.17, 15) is 8.42 Å². The molecule has 0 fully saturated rings. The Hall–Kier alpha value is -2.38. The lowest BCUT2D eigenvalue weighted by atomic mass is 10.4. The molecule has 0 saturated heterocycles. The Bertz CT molecular complexity index is 860. The fourth-order valence-electron chi connectivity index (χ4n) is 1.82. The van der Waals surface area contributed by atoms with Crippen LogP contribution in [0, 0.1) is 0 Å². The van der Waals surface area contributed by atoms with E-state index in [-0.39, 0.29) is 4.90 Å². The molecule has 0 radical (unpaired) electrons. The van der Waals surface area contributed by atoms with Gasteiger partial charge in [-0.2, -0.15) is 0 Å². The van der Waals surface area contributed by atoms with Crippen molar-refractivity contribution in [2.45, 2.75) is 4.90 Å². The standard InChI is InChI=1S/C14H11ClN4O2S/c15-11-1-4-13(5-2-11)22(20,21)18-12-3-6-14(17-9-12)19-8-7-16-10-19/h1-10,18H.